The van der Waals surface area contributed by atoms with Crippen LogP contribution in [-0.4, -0.2) is 20.7 Å². The van der Waals surface area contributed by atoms with Gasteiger partial charge in [0.1, 0.15) is 10.3 Å². The summed E-state index contributed by atoms with van der Waals surface area (Å²) < 4.78 is 1.91. The van der Waals surface area contributed by atoms with Crippen molar-refractivity contribution in [1.29, 1.82) is 0 Å². The van der Waals surface area contributed by atoms with Gasteiger partial charge in [0, 0.05) is 23.0 Å². The zero-order chi connectivity index (χ0) is 18.1. The molecule has 3 aromatic rings. The van der Waals surface area contributed by atoms with Gasteiger partial charge in [0.15, 0.2) is 5.82 Å². The predicted octanol–water partition coefficient (Wildman–Crippen LogP) is 5.21. The highest BCUT2D eigenvalue weighted by molar-refractivity contribution is 9.10. The number of amides is 1. The molecule has 8 heteroatoms. The van der Waals surface area contributed by atoms with Crippen molar-refractivity contribution in [1.82, 2.24) is 14.8 Å². The second-order valence-electron chi connectivity index (χ2n) is 5.44. The molecule has 1 amide bonds. The second-order valence-corrected chi connectivity index (χ2v) is 7.10. The Kier molecular flexibility index (Phi) is 5.13. The Balaban J connectivity index is 2.01. The molecule has 2 aromatic heterocycles. The molecular weight excluding hydrogens is 427 g/mol. The second kappa shape index (κ2) is 7.15. The lowest BCUT2D eigenvalue weighted by molar-refractivity contribution is 0.101. The fourth-order valence-electron chi connectivity index (χ4n) is 2.49. The van der Waals surface area contributed by atoms with Crippen molar-refractivity contribution in [2.75, 3.05) is 5.32 Å². The smallest absolute Gasteiger partial charge is 0.274 e. The van der Waals surface area contributed by atoms with Gasteiger partial charge in [-0.25, -0.2) is 9.67 Å². The highest BCUT2D eigenvalue weighted by atomic mass is 79.9. The van der Waals surface area contributed by atoms with E-state index in [1.807, 2.05) is 13.8 Å². The summed E-state index contributed by atoms with van der Waals surface area (Å²) in [6.07, 6.45) is 1.59. The highest BCUT2D eigenvalue weighted by Gasteiger charge is 2.19. The maximum atomic E-state index is 12.8. The molecule has 2 heterocycles. The molecule has 0 bridgehead atoms. The third kappa shape index (κ3) is 3.71. The van der Waals surface area contributed by atoms with Crippen LogP contribution < -0.4 is 5.32 Å². The lowest BCUT2D eigenvalue weighted by Crippen LogP contribution is -2.18. The summed E-state index contributed by atoms with van der Waals surface area (Å²) in [5, 5.41) is 8.20. The molecule has 5 nitrogen and oxygen atoms in total. The van der Waals surface area contributed by atoms with Crippen molar-refractivity contribution in [3.8, 4) is 5.82 Å². The van der Waals surface area contributed by atoms with Crippen LogP contribution in [0.3, 0.4) is 0 Å². The highest BCUT2D eigenvalue weighted by Crippen LogP contribution is 2.26. The zero-order valence-corrected chi connectivity index (χ0v) is 16.4. The summed E-state index contributed by atoms with van der Waals surface area (Å²) >= 11 is 15.5. The van der Waals surface area contributed by atoms with E-state index in [1.54, 1.807) is 36.5 Å². The van der Waals surface area contributed by atoms with Crippen molar-refractivity contribution in [2.45, 2.75) is 13.8 Å². The third-order valence-corrected chi connectivity index (χ3v) is 4.49. The molecule has 0 spiro atoms. The van der Waals surface area contributed by atoms with Crippen molar-refractivity contribution in [3.05, 3.63) is 68.0 Å². The summed E-state index contributed by atoms with van der Waals surface area (Å²) in [6.45, 7) is 3.77. The van der Waals surface area contributed by atoms with Crippen LogP contribution in [0.4, 0.5) is 5.69 Å². The number of pyridine rings is 1. The Morgan fingerprint density at radius 3 is 2.52 bits per heavy atom. The summed E-state index contributed by atoms with van der Waals surface area (Å²) in [4.78, 5) is 17.0. The van der Waals surface area contributed by atoms with Crippen molar-refractivity contribution < 1.29 is 4.79 Å². The third-order valence-electron chi connectivity index (χ3n) is 3.59. The van der Waals surface area contributed by atoms with Gasteiger partial charge >= 0.3 is 0 Å². The fraction of sp³-hybridized carbons (Fsp3) is 0.118. The van der Waals surface area contributed by atoms with Crippen LogP contribution in [0.25, 0.3) is 5.82 Å². The van der Waals surface area contributed by atoms with Crippen LogP contribution in [0.5, 0.6) is 0 Å². The van der Waals surface area contributed by atoms with Crippen molar-refractivity contribution in [2.24, 2.45) is 0 Å². The Hall–Kier alpha value is -1.89. The molecule has 0 saturated heterocycles. The van der Waals surface area contributed by atoms with Gasteiger partial charge in [-0.1, -0.05) is 23.2 Å². The molecule has 3 rings (SSSR count). The van der Waals surface area contributed by atoms with Crippen LogP contribution in [0.1, 0.15) is 21.6 Å². The standard InChI is InChI=1S/C17H13BrCl2N4O/c1-9-6-11(19)7-10(2)15(9)22-17(25)13-8-14(18)23-24(13)16-12(20)4-3-5-21-16/h3-8H,1-2H3,(H,22,25). The van der Waals surface area contributed by atoms with Crippen LogP contribution >= 0.6 is 39.1 Å². The number of carbonyl (C=O) groups is 1. The topological polar surface area (TPSA) is 59.8 Å². The molecule has 1 aromatic carbocycles. The summed E-state index contributed by atoms with van der Waals surface area (Å²) in [5.74, 6) is 0.0537. The van der Waals surface area contributed by atoms with E-state index in [1.165, 1.54) is 4.68 Å². The summed E-state index contributed by atoms with van der Waals surface area (Å²) in [6, 6.07) is 8.61. The van der Waals surface area contributed by atoms with Crippen LogP contribution in [0.2, 0.25) is 10.0 Å². The van der Waals surface area contributed by atoms with E-state index < -0.39 is 0 Å². The minimum atomic E-state index is -0.326. The number of aryl methyl sites for hydroxylation is 2. The molecule has 0 saturated carbocycles. The number of hydrogen-bond donors (Lipinski definition) is 1. The van der Waals surface area contributed by atoms with Gasteiger partial charge in [-0.2, -0.15) is 5.10 Å². The maximum Gasteiger partial charge on any atom is 0.274 e. The quantitative estimate of drug-likeness (QED) is 0.609. The zero-order valence-electron chi connectivity index (χ0n) is 13.3. The first-order valence-electron chi connectivity index (χ1n) is 7.31. The van der Waals surface area contributed by atoms with Gasteiger partial charge in [0.2, 0.25) is 0 Å². The van der Waals surface area contributed by atoms with E-state index in [9.17, 15) is 4.79 Å². The van der Waals surface area contributed by atoms with E-state index in [2.05, 4.69) is 31.3 Å². The van der Waals surface area contributed by atoms with E-state index in [0.717, 1.165) is 11.1 Å². The van der Waals surface area contributed by atoms with Crippen LogP contribution in [-0.2, 0) is 0 Å². The number of halogens is 3. The molecular formula is C17H13BrCl2N4O. The Bertz CT molecular complexity index is 948. The average molecular weight is 440 g/mol. The van der Waals surface area contributed by atoms with Gasteiger partial charge in [-0.3, -0.25) is 4.79 Å². The lowest BCUT2D eigenvalue weighted by Gasteiger charge is -2.13. The van der Waals surface area contributed by atoms with Gasteiger partial charge < -0.3 is 5.32 Å². The molecule has 0 aliphatic rings. The molecule has 128 valence electrons. The molecule has 0 aliphatic heterocycles. The molecule has 0 aliphatic carbocycles. The van der Waals surface area contributed by atoms with E-state index in [0.29, 0.717) is 31.8 Å². The van der Waals surface area contributed by atoms with Crippen molar-refractivity contribution in [3.63, 3.8) is 0 Å². The largest absolute Gasteiger partial charge is 0.320 e. The lowest BCUT2D eigenvalue weighted by atomic mass is 10.1. The SMILES string of the molecule is Cc1cc(Cl)cc(C)c1NC(=O)c1cc(Br)nn1-c1ncccc1Cl. The number of nitrogens with zero attached hydrogens (tertiary/aromatic N) is 3. The first kappa shape index (κ1) is 17.9. The Morgan fingerprint density at radius 2 is 1.88 bits per heavy atom. The average Bonchev–Trinajstić information content (AvgIpc) is 2.93. The molecule has 0 unspecified atom stereocenters. The number of anilines is 1. The Labute approximate surface area is 163 Å². The van der Waals surface area contributed by atoms with Gasteiger partial charge in [0.25, 0.3) is 5.91 Å². The summed E-state index contributed by atoms with van der Waals surface area (Å²) in [7, 11) is 0. The fourth-order valence-corrected chi connectivity index (χ4v) is 3.40. The number of carbonyl (C=O) groups excluding carboxylic acids is 1. The van der Waals surface area contributed by atoms with E-state index in [-0.39, 0.29) is 5.91 Å². The predicted molar refractivity (Wildman–Crippen MR) is 103 cm³/mol. The van der Waals surface area contributed by atoms with E-state index in [4.69, 9.17) is 23.2 Å². The summed E-state index contributed by atoms with van der Waals surface area (Å²) in [5.41, 5.74) is 2.77. The maximum absolute atomic E-state index is 12.8. The van der Waals surface area contributed by atoms with Crippen LogP contribution in [0, 0.1) is 13.8 Å². The van der Waals surface area contributed by atoms with Gasteiger partial charge in [0.05, 0.1) is 5.02 Å². The normalized spacial score (nSPS) is 10.8. The number of hydrogen-bond acceptors (Lipinski definition) is 3. The first-order chi connectivity index (χ1) is 11.9. The molecule has 0 fully saturated rings. The number of nitrogens with one attached hydrogen (secondary N) is 1. The molecule has 1 N–H and O–H groups in total. The van der Waals surface area contributed by atoms with Crippen molar-refractivity contribution >= 4 is 50.7 Å². The first-order valence-corrected chi connectivity index (χ1v) is 8.86. The number of benzene rings is 1. The monoisotopic (exact) mass is 438 g/mol. The molecule has 0 radical (unpaired) electrons. The molecule has 25 heavy (non-hydrogen) atoms. The van der Waals surface area contributed by atoms with Gasteiger partial charge in [-0.15, -0.1) is 0 Å². The number of rotatable bonds is 3. The Morgan fingerprint density at radius 1 is 1.20 bits per heavy atom. The van der Waals surface area contributed by atoms with Crippen LogP contribution in [0.15, 0.2) is 41.1 Å². The van der Waals surface area contributed by atoms with Gasteiger partial charge in [-0.05, 0) is 65.2 Å². The number of aromatic nitrogens is 3. The molecule has 0 atom stereocenters. The van der Waals surface area contributed by atoms with E-state index >= 15 is 0 Å². The minimum Gasteiger partial charge on any atom is -0.320 e. The minimum absolute atomic E-state index is 0.307.